The molecule has 94 valence electrons. The monoisotopic (exact) mass is 317 g/mol. The van der Waals surface area contributed by atoms with Crippen LogP contribution in [0, 0.1) is 0 Å². The Labute approximate surface area is 116 Å². The van der Waals surface area contributed by atoms with E-state index in [0.29, 0.717) is 16.0 Å². The molecule has 0 bridgehead atoms. The molecule has 0 radical (unpaired) electrons. The van der Waals surface area contributed by atoms with Gasteiger partial charge >= 0.3 is 0 Å². The van der Waals surface area contributed by atoms with E-state index in [0.717, 1.165) is 10.9 Å². The van der Waals surface area contributed by atoms with Gasteiger partial charge in [-0.3, -0.25) is 9.89 Å². The van der Waals surface area contributed by atoms with Gasteiger partial charge in [0.05, 0.1) is 24.1 Å². The van der Waals surface area contributed by atoms with Crippen molar-refractivity contribution in [1.82, 2.24) is 20.2 Å². The maximum atomic E-state index is 12.0. The molecule has 2 N–H and O–H groups in total. The normalized spacial score (nSPS) is 10.6. The van der Waals surface area contributed by atoms with Crippen molar-refractivity contribution in [2.45, 2.75) is 0 Å². The lowest BCUT2D eigenvalue weighted by Gasteiger charge is -2.04. The van der Waals surface area contributed by atoms with Gasteiger partial charge in [0.25, 0.3) is 5.91 Å². The molecule has 2 heterocycles. The van der Waals surface area contributed by atoms with E-state index in [-0.39, 0.29) is 5.91 Å². The number of benzene rings is 1. The fourth-order valence-electron chi connectivity index (χ4n) is 1.64. The highest BCUT2D eigenvalue weighted by Gasteiger charge is 2.08. The number of aromatic amines is 1. The lowest BCUT2D eigenvalue weighted by molar-refractivity contribution is 0.102. The molecule has 7 heteroatoms. The second-order valence-electron chi connectivity index (χ2n) is 3.85. The average Bonchev–Trinajstić information content (AvgIpc) is 2.88. The van der Waals surface area contributed by atoms with Crippen LogP contribution in [0.2, 0.25) is 0 Å². The summed E-state index contributed by atoms with van der Waals surface area (Å²) in [5, 5.41) is 10.4. The van der Waals surface area contributed by atoms with Crippen LogP contribution in [0.1, 0.15) is 10.4 Å². The van der Waals surface area contributed by atoms with E-state index >= 15 is 0 Å². The van der Waals surface area contributed by atoms with Crippen molar-refractivity contribution >= 4 is 38.6 Å². The Morgan fingerprint density at radius 3 is 2.89 bits per heavy atom. The van der Waals surface area contributed by atoms with Gasteiger partial charge in [-0.15, -0.1) is 0 Å². The standard InChI is InChI=1S/C12H8BrN5O/c13-10-5-15-11(6-14-10)17-12(19)7-1-2-8-4-16-18-9(8)3-7/h1-6H,(H,16,18)(H,15,17,19). The topological polar surface area (TPSA) is 83.6 Å². The summed E-state index contributed by atoms with van der Waals surface area (Å²) < 4.78 is 0.615. The Morgan fingerprint density at radius 2 is 2.11 bits per heavy atom. The largest absolute Gasteiger partial charge is 0.305 e. The second-order valence-corrected chi connectivity index (χ2v) is 4.66. The van der Waals surface area contributed by atoms with E-state index < -0.39 is 0 Å². The van der Waals surface area contributed by atoms with Crippen LogP contribution in [0.4, 0.5) is 5.82 Å². The first-order valence-corrected chi connectivity index (χ1v) is 6.24. The highest BCUT2D eigenvalue weighted by atomic mass is 79.9. The second kappa shape index (κ2) is 4.77. The summed E-state index contributed by atoms with van der Waals surface area (Å²) in [6, 6.07) is 5.31. The number of halogens is 1. The quantitative estimate of drug-likeness (QED) is 0.760. The maximum absolute atomic E-state index is 12.0. The number of aromatic nitrogens is 4. The van der Waals surface area contributed by atoms with E-state index in [4.69, 9.17) is 0 Å². The third-order valence-electron chi connectivity index (χ3n) is 2.57. The molecule has 19 heavy (non-hydrogen) atoms. The zero-order valence-electron chi connectivity index (χ0n) is 9.59. The fourth-order valence-corrected chi connectivity index (χ4v) is 1.85. The molecule has 0 fully saturated rings. The number of fused-ring (bicyclic) bond motifs is 1. The summed E-state index contributed by atoms with van der Waals surface area (Å²) in [7, 11) is 0. The SMILES string of the molecule is O=C(Nc1cnc(Br)cn1)c1ccc2cn[nH]c2c1. The molecule has 0 unspecified atom stereocenters. The molecule has 1 amide bonds. The summed E-state index contributed by atoms with van der Waals surface area (Å²) in [4.78, 5) is 20.1. The van der Waals surface area contributed by atoms with Gasteiger partial charge in [-0.25, -0.2) is 9.97 Å². The number of amides is 1. The van der Waals surface area contributed by atoms with E-state index in [2.05, 4.69) is 41.4 Å². The molecule has 1 aromatic carbocycles. The number of nitrogens with one attached hydrogen (secondary N) is 2. The van der Waals surface area contributed by atoms with Gasteiger partial charge in [-0.1, -0.05) is 6.07 Å². The van der Waals surface area contributed by atoms with Crippen molar-refractivity contribution in [1.29, 1.82) is 0 Å². The number of H-pyrrole nitrogens is 1. The zero-order valence-corrected chi connectivity index (χ0v) is 11.2. The van der Waals surface area contributed by atoms with Gasteiger partial charge in [-0.05, 0) is 28.1 Å². The number of hydrogen-bond acceptors (Lipinski definition) is 4. The van der Waals surface area contributed by atoms with Crippen molar-refractivity contribution in [3.8, 4) is 0 Å². The third-order valence-corrected chi connectivity index (χ3v) is 2.98. The van der Waals surface area contributed by atoms with Gasteiger partial charge in [-0.2, -0.15) is 5.10 Å². The van der Waals surface area contributed by atoms with Crippen molar-refractivity contribution in [3.05, 3.63) is 47.0 Å². The van der Waals surface area contributed by atoms with Crippen LogP contribution in [0.3, 0.4) is 0 Å². The lowest BCUT2D eigenvalue weighted by atomic mass is 10.1. The van der Waals surface area contributed by atoms with Crippen LogP contribution in [0.5, 0.6) is 0 Å². The Hall–Kier alpha value is -2.28. The third kappa shape index (κ3) is 2.45. The summed E-state index contributed by atoms with van der Waals surface area (Å²) in [5.41, 5.74) is 1.34. The molecule has 0 saturated heterocycles. The molecule has 0 aliphatic carbocycles. The first-order valence-electron chi connectivity index (χ1n) is 5.44. The van der Waals surface area contributed by atoms with Gasteiger partial charge < -0.3 is 5.32 Å². The molecular formula is C12H8BrN5O. The van der Waals surface area contributed by atoms with Crippen LogP contribution in [-0.2, 0) is 0 Å². The minimum Gasteiger partial charge on any atom is -0.305 e. The van der Waals surface area contributed by atoms with Crippen molar-refractivity contribution in [2.24, 2.45) is 0 Å². The average molecular weight is 318 g/mol. The number of carbonyl (C=O) groups is 1. The first kappa shape index (κ1) is 11.8. The van der Waals surface area contributed by atoms with Gasteiger partial charge in [0.15, 0.2) is 5.82 Å². The van der Waals surface area contributed by atoms with Crippen LogP contribution >= 0.6 is 15.9 Å². The van der Waals surface area contributed by atoms with E-state index in [1.54, 1.807) is 18.3 Å². The van der Waals surface area contributed by atoms with Crippen LogP contribution < -0.4 is 5.32 Å². The number of nitrogens with zero attached hydrogens (tertiary/aromatic N) is 3. The van der Waals surface area contributed by atoms with Crippen LogP contribution in [0.15, 0.2) is 41.4 Å². The summed E-state index contributed by atoms with van der Waals surface area (Å²) >= 11 is 3.18. The number of anilines is 1. The molecule has 0 aliphatic rings. The minimum absolute atomic E-state index is 0.242. The van der Waals surface area contributed by atoms with Crippen molar-refractivity contribution in [2.75, 3.05) is 5.32 Å². The van der Waals surface area contributed by atoms with Crippen molar-refractivity contribution in [3.63, 3.8) is 0 Å². The highest BCUT2D eigenvalue weighted by molar-refractivity contribution is 9.10. The first-order chi connectivity index (χ1) is 9.22. The summed E-state index contributed by atoms with van der Waals surface area (Å²) in [6.07, 6.45) is 4.71. The molecule has 3 aromatic rings. The molecular weight excluding hydrogens is 310 g/mol. The predicted octanol–water partition coefficient (Wildman–Crippen LogP) is 2.37. The minimum atomic E-state index is -0.242. The van der Waals surface area contributed by atoms with Gasteiger partial charge in [0, 0.05) is 10.9 Å². The number of hydrogen-bond donors (Lipinski definition) is 2. The molecule has 6 nitrogen and oxygen atoms in total. The molecule has 0 saturated carbocycles. The Morgan fingerprint density at radius 1 is 1.21 bits per heavy atom. The maximum Gasteiger partial charge on any atom is 0.256 e. The fraction of sp³-hybridized carbons (Fsp3) is 0. The Kier molecular flexibility index (Phi) is 2.96. The van der Waals surface area contributed by atoms with E-state index in [1.807, 2.05) is 6.07 Å². The van der Waals surface area contributed by atoms with Gasteiger partial charge in [0.1, 0.15) is 4.60 Å². The van der Waals surface area contributed by atoms with Crippen LogP contribution in [-0.4, -0.2) is 26.1 Å². The molecule has 3 rings (SSSR count). The summed E-state index contributed by atoms with van der Waals surface area (Å²) in [5.74, 6) is 0.158. The number of carbonyl (C=O) groups excluding carboxylic acids is 1. The lowest BCUT2D eigenvalue weighted by Crippen LogP contribution is -2.13. The predicted molar refractivity (Wildman–Crippen MR) is 73.8 cm³/mol. The van der Waals surface area contributed by atoms with E-state index in [9.17, 15) is 4.79 Å². The van der Waals surface area contributed by atoms with Gasteiger partial charge in [0.2, 0.25) is 0 Å². The summed E-state index contributed by atoms with van der Waals surface area (Å²) in [6.45, 7) is 0. The molecule has 2 aromatic heterocycles. The van der Waals surface area contributed by atoms with E-state index in [1.165, 1.54) is 12.4 Å². The highest BCUT2D eigenvalue weighted by Crippen LogP contribution is 2.14. The Balaban J connectivity index is 1.84. The number of rotatable bonds is 2. The Bertz CT molecular complexity index is 737. The molecule has 0 spiro atoms. The molecule has 0 atom stereocenters. The van der Waals surface area contributed by atoms with Crippen LogP contribution in [0.25, 0.3) is 10.9 Å². The zero-order chi connectivity index (χ0) is 13.2. The van der Waals surface area contributed by atoms with Crippen molar-refractivity contribution < 1.29 is 4.79 Å². The smallest absolute Gasteiger partial charge is 0.256 e. The molecule has 0 aliphatic heterocycles.